The van der Waals surface area contributed by atoms with E-state index in [1.54, 1.807) is 0 Å². The molecule has 0 aliphatic rings. The van der Waals surface area contributed by atoms with Gasteiger partial charge in [-0.1, -0.05) is 230 Å². The van der Waals surface area contributed by atoms with Crippen molar-refractivity contribution in [2.45, 2.75) is 277 Å². The largest absolute Gasteiger partial charge is 0.462 e. The van der Waals surface area contributed by atoms with Gasteiger partial charge >= 0.3 is 17.9 Å². The molecule has 0 aromatic rings. The average molecular weight is 869 g/mol. The first kappa shape index (κ1) is 59.4. The van der Waals surface area contributed by atoms with Crippen molar-refractivity contribution < 1.29 is 28.6 Å². The second-order valence-electron chi connectivity index (χ2n) is 17.8. The van der Waals surface area contributed by atoms with Crippen LogP contribution in [0.25, 0.3) is 0 Å². The van der Waals surface area contributed by atoms with E-state index in [1.165, 1.54) is 141 Å². The molecule has 0 spiro atoms. The summed E-state index contributed by atoms with van der Waals surface area (Å²) >= 11 is 0. The lowest BCUT2D eigenvalue weighted by atomic mass is 10.1. The van der Waals surface area contributed by atoms with Gasteiger partial charge in [-0.05, 0) is 70.6 Å². The first-order valence-electron chi connectivity index (χ1n) is 26.7. The van der Waals surface area contributed by atoms with Gasteiger partial charge in [0.25, 0.3) is 0 Å². The number of unbranched alkanes of at least 4 members (excludes halogenated alkanes) is 31. The predicted octanol–water partition coefficient (Wildman–Crippen LogP) is 17.5. The van der Waals surface area contributed by atoms with Crippen molar-refractivity contribution in [3.05, 3.63) is 48.6 Å². The highest BCUT2D eigenvalue weighted by Gasteiger charge is 2.19. The molecule has 0 N–H and O–H groups in total. The second kappa shape index (κ2) is 51.0. The maximum absolute atomic E-state index is 12.8. The van der Waals surface area contributed by atoms with Gasteiger partial charge in [-0.25, -0.2) is 0 Å². The first-order chi connectivity index (χ1) is 30.5. The van der Waals surface area contributed by atoms with Gasteiger partial charge < -0.3 is 14.2 Å². The van der Waals surface area contributed by atoms with E-state index in [4.69, 9.17) is 14.2 Å². The normalized spacial score (nSPS) is 12.4. The number of ether oxygens (including phenoxy) is 3. The van der Waals surface area contributed by atoms with E-state index < -0.39 is 6.10 Å². The highest BCUT2D eigenvalue weighted by Crippen LogP contribution is 2.14. The minimum absolute atomic E-state index is 0.0870. The Kier molecular flexibility index (Phi) is 48.8. The van der Waals surface area contributed by atoms with E-state index in [1.807, 2.05) is 0 Å². The smallest absolute Gasteiger partial charge is 0.306 e. The monoisotopic (exact) mass is 869 g/mol. The average Bonchev–Trinajstić information content (AvgIpc) is 3.27. The summed E-state index contributed by atoms with van der Waals surface area (Å²) in [5.74, 6) is -0.923. The number of hydrogen-bond acceptors (Lipinski definition) is 6. The van der Waals surface area contributed by atoms with Gasteiger partial charge in [-0.3, -0.25) is 14.4 Å². The van der Waals surface area contributed by atoms with Crippen LogP contribution in [-0.4, -0.2) is 37.2 Å². The Morgan fingerprint density at radius 3 is 0.871 bits per heavy atom. The zero-order valence-corrected chi connectivity index (χ0v) is 41.1. The van der Waals surface area contributed by atoms with Crippen LogP contribution in [-0.2, 0) is 28.6 Å². The molecule has 0 amide bonds. The third kappa shape index (κ3) is 48.4. The molecule has 0 rings (SSSR count). The Labute approximate surface area is 384 Å². The van der Waals surface area contributed by atoms with Crippen molar-refractivity contribution in [1.82, 2.24) is 0 Å². The minimum atomic E-state index is -0.790. The van der Waals surface area contributed by atoms with Crippen molar-refractivity contribution >= 4 is 17.9 Å². The molecule has 0 aromatic carbocycles. The van der Waals surface area contributed by atoms with E-state index in [2.05, 4.69) is 69.4 Å². The molecule has 0 heterocycles. The van der Waals surface area contributed by atoms with Gasteiger partial charge in [-0.15, -0.1) is 0 Å². The molecule has 360 valence electrons. The molecule has 1 unspecified atom stereocenters. The molecule has 0 aromatic heterocycles. The van der Waals surface area contributed by atoms with Crippen molar-refractivity contribution in [2.75, 3.05) is 13.2 Å². The van der Waals surface area contributed by atoms with Crippen LogP contribution in [0.1, 0.15) is 271 Å². The molecule has 0 saturated heterocycles. The molecule has 0 saturated carbocycles. The van der Waals surface area contributed by atoms with Gasteiger partial charge in [0.15, 0.2) is 6.10 Å². The van der Waals surface area contributed by atoms with Gasteiger partial charge in [0.05, 0.1) is 0 Å². The Balaban J connectivity index is 4.39. The fourth-order valence-electron chi connectivity index (χ4n) is 7.54. The summed E-state index contributed by atoms with van der Waals surface area (Å²) in [6.45, 7) is 6.59. The van der Waals surface area contributed by atoms with Crippen molar-refractivity contribution in [2.24, 2.45) is 0 Å². The molecule has 0 aliphatic carbocycles. The summed E-state index contributed by atoms with van der Waals surface area (Å²) in [5.41, 5.74) is 0. The topological polar surface area (TPSA) is 78.9 Å². The summed E-state index contributed by atoms with van der Waals surface area (Å²) in [6.07, 6.45) is 61.0. The third-order valence-electron chi connectivity index (χ3n) is 11.6. The van der Waals surface area contributed by atoms with E-state index in [-0.39, 0.29) is 31.1 Å². The quantitative estimate of drug-likeness (QED) is 0.0262. The molecular formula is C56H100O6. The Bertz CT molecular complexity index is 1090. The number of hydrogen-bond donors (Lipinski definition) is 0. The molecule has 6 heteroatoms. The van der Waals surface area contributed by atoms with Gasteiger partial charge in [0.1, 0.15) is 13.2 Å². The molecule has 0 fully saturated rings. The second-order valence-corrected chi connectivity index (χ2v) is 17.8. The number of carbonyl (C=O) groups is 3. The highest BCUT2D eigenvalue weighted by molar-refractivity contribution is 5.71. The molecule has 0 bridgehead atoms. The van der Waals surface area contributed by atoms with Crippen LogP contribution < -0.4 is 0 Å². The van der Waals surface area contributed by atoms with Crippen molar-refractivity contribution in [3.8, 4) is 0 Å². The van der Waals surface area contributed by atoms with Crippen molar-refractivity contribution in [1.29, 1.82) is 0 Å². The zero-order valence-electron chi connectivity index (χ0n) is 41.1. The summed E-state index contributed by atoms with van der Waals surface area (Å²) in [5, 5.41) is 0. The molecule has 0 radical (unpaired) electrons. The van der Waals surface area contributed by atoms with Crippen LogP contribution >= 0.6 is 0 Å². The van der Waals surface area contributed by atoms with Gasteiger partial charge in [0.2, 0.25) is 0 Å². The van der Waals surface area contributed by atoms with Crippen LogP contribution in [0.3, 0.4) is 0 Å². The lowest BCUT2D eigenvalue weighted by Crippen LogP contribution is -2.30. The summed E-state index contributed by atoms with van der Waals surface area (Å²) < 4.78 is 16.8. The lowest BCUT2D eigenvalue weighted by Gasteiger charge is -2.18. The Hall–Kier alpha value is -2.63. The SMILES string of the molecule is CCCCCCCCC/C=C\C=C/CCCCCCCC(=O)OCC(COC(=O)CCCCCCCCCCCC)OC(=O)CCCCC/C=C\C=C/CCCCCCCCC. The Morgan fingerprint density at radius 1 is 0.323 bits per heavy atom. The maximum Gasteiger partial charge on any atom is 0.306 e. The highest BCUT2D eigenvalue weighted by atomic mass is 16.6. The molecule has 62 heavy (non-hydrogen) atoms. The van der Waals surface area contributed by atoms with E-state index >= 15 is 0 Å². The van der Waals surface area contributed by atoms with E-state index in [9.17, 15) is 14.4 Å². The van der Waals surface area contributed by atoms with Crippen LogP contribution in [0.5, 0.6) is 0 Å². The van der Waals surface area contributed by atoms with Gasteiger partial charge in [-0.2, -0.15) is 0 Å². The zero-order chi connectivity index (χ0) is 45.1. The van der Waals surface area contributed by atoms with Crippen molar-refractivity contribution in [3.63, 3.8) is 0 Å². The molecule has 0 aliphatic heterocycles. The Morgan fingerprint density at radius 2 is 0.565 bits per heavy atom. The van der Waals surface area contributed by atoms with Crippen LogP contribution in [0.15, 0.2) is 48.6 Å². The molecule has 1 atom stereocenters. The number of carbonyl (C=O) groups excluding carboxylic acids is 3. The van der Waals surface area contributed by atoms with Crippen LogP contribution in [0.4, 0.5) is 0 Å². The summed E-state index contributed by atoms with van der Waals surface area (Å²) in [6, 6.07) is 0. The molecule has 6 nitrogen and oxygen atoms in total. The number of allylic oxidation sites excluding steroid dienone is 8. The fraction of sp³-hybridized carbons (Fsp3) is 0.804. The number of rotatable bonds is 48. The predicted molar refractivity (Wildman–Crippen MR) is 265 cm³/mol. The fourth-order valence-corrected chi connectivity index (χ4v) is 7.54. The minimum Gasteiger partial charge on any atom is -0.462 e. The summed E-state index contributed by atoms with van der Waals surface area (Å²) in [7, 11) is 0. The van der Waals surface area contributed by atoms with E-state index in [0.29, 0.717) is 19.3 Å². The maximum atomic E-state index is 12.8. The summed E-state index contributed by atoms with van der Waals surface area (Å²) in [4.78, 5) is 37.9. The first-order valence-corrected chi connectivity index (χ1v) is 26.7. The van der Waals surface area contributed by atoms with Crippen LogP contribution in [0, 0.1) is 0 Å². The lowest BCUT2D eigenvalue weighted by molar-refractivity contribution is -0.167. The molecular weight excluding hydrogens is 769 g/mol. The van der Waals surface area contributed by atoms with E-state index in [0.717, 1.165) is 89.9 Å². The van der Waals surface area contributed by atoms with Crippen LogP contribution in [0.2, 0.25) is 0 Å². The third-order valence-corrected chi connectivity index (χ3v) is 11.6. The standard InChI is InChI=1S/C56H100O6/c1-4-7-10-13-16-19-22-24-26-28-29-31-32-34-37-40-43-46-49-55(58)61-52-53(51-60-54(57)48-45-42-39-36-21-18-15-12-9-6-3)62-56(59)50-47-44-41-38-35-33-30-27-25-23-20-17-14-11-8-5-2/h26-31,33,35,53H,4-25,32,34,36-52H2,1-3H3/b28-26-,30-27-,31-29-,35-33-. The van der Waals surface area contributed by atoms with Gasteiger partial charge in [0, 0.05) is 19.3 Å². The number of esters is 3.